The van der Waals surface area contributed by atoms with Gasteiger partial charge in [-0.25, -0.2) is 4.98 Å². The second-order valence-corrected chi connectivity index (χ2v) is 5.79. The molecule has 1 aromatic heterocycles. The topological polar surface area (TPSA) is 80.5 Å². The lowest BCUT2D eigenvalue weighted by atomic mass is 10.4. The molecule has 1 amide bonds. The van der Waals surface area contributed by atoms with Gasteiger partial charge in [0.1, 0.15) is 10.7 Å². The number of nitrogens with one attached hydrogen (secondary N) is 1. The van der Waals surface area contributed by atoms with Crippen LogP contribution >= 0.6 is 11.3 Å². The van der Waals surface area contributed by atoms with Crippen LogP contribution in [0.1, 0.15) is 36.9 Å². The normalized spacial score (nSPS) is 10.8. The van der Waals surface area contributed by atoms with Gasteiger partial charge in [-0.1, -0.05) is 18.3 Å². The Morgan fingerprint density at radius 1 is 1.55 bits per heavy atom. The Bertz CT molecular complexity index is 434. The number of nitrogen functional groups attached to an aromatic ring is 1. The maximum Gasteiger partial charge on any atom is 0.265 e. The summed E-state index contributed by atoms with van der Waals surface area (Å²) in [5.41, 5.74) is 5.81. The zero-order valence-electron chi connectivity index (χ0n) is 12.6. The van der Waals surface area contributed by atoms with Crippen LogP contribution in [-0.4, -0.2) is 43.7 Å². The summed E-state index contributed by atoms with van der Waals surface area (Å²) in [6, 6.07) is 0. The van der Waals surface area contributed by atoms with E-state index in [4.69, 9.17) is 10.5 Å². The van der Waals surface area contributed by atoms with Crippen LogP contribution in [0.5, 0.6) is 0 Å². The van der Waals surface area contributed by atoms with Crippen LogP contribution < -0.4 is 16.0 Å². The third-order valence-electron chi connectivity index (χ3n) is 2.57. The van der Waals surface area contributed by atoms with Crippen molar-refractivity contribution in [2.24, 2.45) is 0 Å². The number of ether oxygens (including phenoxy) is 1. The summed E-state index contributed by atoms with van der Waals surface area (Å²) in [5.74, 6) is 0.0961. The second kappa shape index (κ2) is 8.06. The van der Waals surface area contributed by atoms with E-state index in [0.29, 0.717) is 18.0 Å². The van der Waals surface area contributed by atoms with Crippen molar-refractivity contribution >= 4 is 28.2 Å². The number of amides is 1. The highest BCUT2D eigenvalue weighted by Crippen LogP contribution is 2.27. The first-order chi connectivity index (χ1) is 9.45. The van der Waals surface area contributed by atoms with Crippen molar-refractivity contribution < 1.29 is 9.53 Å². The lowest BCUT2D eigenvalue weighted by Crippen LogP contribution is -2.28. The molecular formula is C13H24N4O2S. The molecule has 0 unspecified atom stereocenters. The molecule has 0 fully saturated rings. The Labute approximate surface area is 124 Å². The van der Waals surface area contributed by atoms with Crippen molar-refractivity contribution in [3.8, 4) is 0 Å². The molecule has 0 spiro atoms. The molecule has 1 heterocycles. The summed E-state index contributed by atoms with van der Waals surface area (Å²) in [5, 5.41) is 3.56. The van der Waals surface area contributed by atoms with Crippen LogP contribution in [-0.2, 0) is 4.74 Å². The van der Waals surface area contributed by atoms with Crippen molar-refractivity contribution in [1.82, 2.24) is 10.3 Å². The molecule has 7 heteroatoms. The largest absolute Gasteiger partial charge is 0.382 e. The molecular weight excluding hydrogens is 276 g/mol. The predicted octanol–water partition coefficient (Wildman–Crippen LogP) is 1.73. The average molecular weight is 300 g/mol. The molecule has 3 N–H and O–H groups in total. The van der Waals surface area contributed by atoms with Crippen LogP contribution in [0.2, 0.25) is 0 Å². The zero-order valence-corrected chi connectivity index (χ0v) is 13.4. The highest BCUT2D eigenvalue weighted by molar-refractivity contribution is 7.18. The van der Waals surface area contributed by atoms with Gasteiger partial charge < -0.3 is 20.7 Å². The summed E-state index contributed by atoms with van der Waals surface area (Å²) < 4.78 is 5.37. The van der Waals surface area contributed by atoms with Gasteiger partial charge in [0.05, 0.1) is 12.7 Å². The Hall–Kier alpha value is -1.34. The fourth-order valence-corrected chi connectivity index (χ4v) is 2.51. The maximum atomic E-state index is 12.0. The quantitative estimate of drug-likeness (QED) is 0.715. The average Bonchev–Trinajstić information content (AvgIpc) is 2.77. The smallest absolute Gasteiger partial charge is 0.265 e. The molecule has 6 nitrogen and oxygen atoms in total. The number of carbonyl (C=O) groups excluding carboxylic acids is 1. The fourth-order valence-electron chi connectivity index (χ4n) is 1.62. The van der Waals surface area contributed by atoms with Gasteiger partial charge >= 0.3 is 0 Å². The summed E-state index contributed by atoms with van der Waals surface area (Å²) in [6.45, 7) is 7.85. The summed E-state index contributed by atoms with van der Waals surface area (Å²) in [6.07, 6.45) is 1.18. The van der Waals surface area contributed by atoms with Crippen LogP contribution in [0, 0.1) is 0 Å². The van der Waals surface area contributed by atoms with E-state index in [0.717, 1.165) is 18.1 Å². The summed E-state index contributed by atoms with van der Waals surface area (Å²) in [4.78, 5) is 18.7. The lowest BCUT2D eigenvalue weighted by Gasteiger charge is -2.13. The van der Waals surface area contributed by atoms with Gasteiger partial charge in [0.15, 0.2) is 5.13 Å². The van der Waals surface area contributed by atoms with E-state index in [9.17, 15) is 4.79 Å². The molecule has 0 bridgehead atoms. The van der Waals surface area contributed by atoms with E-state index in [1.165, 1.54) is 11.3 Å². The minimum atomic E-state index is -0.191. The number of anilines is 2. The van der Waals surface area contributed by atoms with Crippen molar-refractivity contribution in [1.29, 1.82) is 0 Å². The van der Waals surface area contributed by atoms with Crippen molar-refractivity contribution in [2.45, 2.75) is 33.3 Å². The first kappa shape index (κ1) is 16.7. The summed E-state index contributed by atoms with van der Waals surface area (Å²) >= 11 is 1.32. The van der Waals surface area contributed by atoms with Gasteiger partial charge in [0.2, 0.25) is 0 Å². The highest BCUT2D eigenvalue weighted by Gasteiger charge is 2.17. The molecule has 0 saturated heterocycles. The molecule has 114 valence electrons. The number of nitrogens with two attached hydrogens (primary N) is 1. The number of rotatable bonds is 8. The molecule has 0 aliphatic carbocycles. The van der Waals surface area contributed by atoms with E-state index in [1.807, 2.05) is 25.8 Å². The molecule has 1 aromatic rings. The third-order valence-corrected chi connectivity index (χ3v) is 3.76. The zero-order chi connectivity index (χ0) is 15.1. The van der Waals surface area contributed by atoms with E-state index >= 15 is 0 Å². The van der Waals surface area contributed by atoms with Crippen molar-refractivity contribution in [3.05, 3.63) is 4.88 Å². The van der Waals surface area contributed by atoms with Gasteiger partial charge in [0.25, 0.3) is 5.91 Å². The monoisotopic (exact) mass is 300 g/mol. The van der Waals surface area contributed by atoms with Crippen molar-refractivity contribution in [2.75, 3.05) is 37.4 Å². The van der Waals surface area contributed by atoms with Gasteiger partial charge in [0, 0.05) is 20.1 Å². The molecule has 20 heavy (non-hydrogen) atoms. The van der Waals surface area contributed by atoms with Crippen LogP contribution in [0.25, 0.3) is 0 Å². The SMILES string of the molecule is CCCN(C)c1nc(N)c(C(=O)NCCOC(C)C)s1. The van der Waals surface area contributed by atoms with E-state index in [-0.39, 0.29) is 17.8 Å². The lowest BCUT2D eigenvalue weighted by molar-refractivity contribution is 0.0748. The van der Waals surface area contributed by atoms with Gasteiger partial charge in [-0.05, 0) is 20.3 Å². The molecule has 0 aliphatic rings. The number of hydrogen-bond donors (Lipinski definition) is 2. The van der Waals surface area contributed by atoms with Crippen LogP contribution in [0.15, 0.2) is 0 Å². The van der Waals surface area contributed by atoms with Crippen LogP contribution in [0.4, 0.5) is 10.9 Å². The number of carbonyl (C=O) groups is 1. The van der Waals surface area contributed by atoms with Crippen molar-refractivity contribution in [3.63, 3.8) is 0 Å². The first-order valence-electron chi connectivity index (χ1n) is 6.83. The maximum absolute atomic E-state index is 12.0. The van der Waals surface area contributed by atoms with E-state index < -0.39 is 0 Å². The molecule has 0 aromatic carbocycles. The number of nitrogens with zero attached hydrogens (tertiary/aromatic N) is 2. The fraction of sp³-hybridized carbons (Fsp3) is 0.692. The number of aromatic nitrogens is 1. The standard InChI is InChI=1S/C13H24N4O2S/c1-5-7-17(4)13-16-11(14)10(20-13)12(18)15-6-8-19-9(2)3/h9H,5-8,14H2,1-4H3,(H,15,18). The molecule has 0 aliphatic heterocycles. The molecule has 0 radical (unpaired) electrons. The van der Waals surface area contributed by atoms with E-state index in [2.05, 4.69) is 17.2 Å². The number of thiazole rings is 1. The van der Waals surface area contributed by atoms with Gasteiger partial charge in [-0.3, -0.25) is 4.79 Å². The molecule has 1 rings (SSSR count). The Kier molecular flexibility index (Phi) is 6.74. The highest BCUT2D eigenvalue weighted by atomic mass is 32.1. The molecule has 0 atom stereocenters. The third kappa shape index (κ3) is 4.97. The Morgan fingerprint density at radius 2 is 2.25 bits per heavy atom. The van der Waals surface area contributed by atoms with Gasteiger partial charge in [-0.15, -0.1) is 0 Å². The molecule has 0 saturated carbocycles. The van der Waals surface area contributed by atoms with Crippen LogP contribution in [0.3, 0.4) is 0 Å². The minimum Gasteiger partial charge on any atom is -0.382 e. The van der Waals surface area contributed by atoms with E-state index in [1.54, 1.807) is 0 Å². The number of hydrogen-bond acceptors (Lipinski definition) is 6. The Morgan fingerprint density at radius 3 is 2.85 bits per heavy atom. The second-order valence-electron chi connectivity index (χ2n) is 4.81. The summed E-state index contributed by atoms with van der Waals surface area (Å²) in [7, 11) is 1.94. The predicted molar refractivity (Wildman–Crippen MR) is 83.5 cm³/mol. The first-order valence-corrected chi connectivity index (χ1v) is 7.64. The minimum absolute atomic E-state index is 0.162. The van der Waals surface area contributed by atoms with Gasteiger partial charge in [-0.2, -0.15) is 0 Å². The Balaban J connectivity index is 2.55.